The standard InChI is InChI=1S/C17H18N4O2S/c1-20(9-5-13-4-2-3-8-18-13)15(22)6-10-21-12-19-16-14(17(21)23)7-11-24-16/h2-4,7-8,11-12H,5-6,9-10H2,1H3. The molecule has 3 aromatic heterocycles. The fraction of sp³-hybridized carbons (Fsp3) is 0.294. The second-order valence-electron chi connectivity index (χ2n) is 5.52. The van der Waals surface area contributed by atoms with E-state index >= 15 is 0 Å². The van der Waals surface area contributed by atoms with E-state index in [-0.39, 0.29) is 17.9 Å². The number of nitrogens with zero attached hydrogens (tertiary/aromatic N) is 4. The van der Waals surface area contributed by atoms with Gasteiger partial charge in [0.05, 0.1) is 11.7 Å². The lowest BCUT2D eigenvalue weighted by molar-refractivity contribution is -0.130. The highest BCUT2D eigenvalue weighted by Crippen LogP contribution is 2.13. The van der Waals surface area contributed by atoms with Gasteiger partial charge in [-0.15, -0.1) is 11.3 Å². The lowest BCUT2D eigenvalue weighted by Crippen LogP contribution is -2.31. The number of aromatic nitrogens is 3. The van der Waals surface area contributed by atoms with Crippen molar-refractivity contribution < 1.29 is 4.79 Å². The molecule has 0 N–H and O–H groups in total. The minimum Gasteiger partial charge on any atom is -0.345 e. The van der Waals surface area contributed by atoms with Gasteiger partial charge in [-0.1, -0.05) is 6.07 Å². The third kappa shape index (κ3) is 3.68. The first-order valence-corrected chi connectivity index (χ1v) is 8.59. The Morgan fingerprint density at radius 3 is 2.96 bits per heavy atom. The summed E-state index contributed by atoms with van der Waals surface area (Å²) in [6, 6.07) is 7.52. The molecule has 0 unspecified atom stereocenters. The van der Waals surface area contributed by atoms with Crippen LogP contribution in [-0.4, -0.2) is 38.9 Å². The molecule has 3 rings (SSSR count). The summed E-state index contributed by atoms with van der Waals surface area (Å²) in [4.78, 5) is 35.4. The van der Waals surface area contributed by atoms with Crippen molar-refractivity contribution in [1.29, 1.82) is 0 Å². The number of carbonyl (C=O) groups excluding carboxylic acids is 1. The fourth-order valence-electron chi connectivity index (χ4n) is 2.41. The highest BCUT2D eigenvalue weighted by molar-refractivity contribution is 7.16. The van der Waals surface area contributed by atoms with Crippen molar-refractivity contribution in [3.8, 4) is 0 Å². The summed E-state index contributed by atoms with van der Waals surface area (Å²) < 4.78 is 1.50. The summed E-state index contributed by atoms with van der Waals surface area (Å²) in [6.45, 7) is 0.941. The predicted octanol–water partition coefficient (Wildman–Crippen LogP) is 1.94. The maximum absolute atomic E-state index is 12.3. The Hall–Kier alpha value is -2.54. The molecule has 7 heteroatoms. The molecule has 0 aliphatic carbocycles. The molecule has 3 aromatic rings. The predicted molar refractivity (Wildman–Crippen MR) is 94.1 cm³/mol. The first-order valence-electron chi connectivity index (χ1n) is 7.71. The molecule has 0 aromatic carbocycles. The van der Waals surface area contributed by atoms with Crippen molar-refractivity contribution in [3.05, 3.63) is 58.2 Å². The van der Waals surface area contributed by atoms with Crippen molar-refractivity contribution in [2.45, 2.75) is 19.4 Å². The van der Waals surface area contributed by atoms with E-state index in [1.54, 1.807) is 24.2 Å². The normalized spacial score (nSPS) is 10.9. The Balaban J connectivity index is 1.56. The Morgan fingerprint density at radius 2 is 2.17 bits per heavy atom. The molecule has 124 valence electrons. The van der Waals surface area contributed by atoms with Crippen molar-refractivity contribution in [2.75, 3.05) is 13.6 Å². The Labute approximate surface area is 143 Å². The number of amides is 1. The molecule has 0 saturated carbocycles. The van der Waals surface area contributed by atoms with Gasteiger partial charge in [0.15, 0.2) is 0 Å². The number of aryl methyl sites for hydroxylation is 1. The number of thiophene rings is 1. The van der Waals surface area contributed by atoms with E-state index in [0.717, 1.165) is 10.5 Å². The quantitative estimate of drug-likeness (QED) is 0.687. The van der Waals surface area contributed by atoms with Crippen molar-refractivity contribution in [3.63, 3.8) is 0 Å². The van der Waals surface area contributed by atoms with Crippen LogP contribution in [0.25, 0.3) is 10.2 Å². The molecule has 3 heterocycles. The molecule has 0 fully saturated rings. The van der Waals surface area contributed by atoms with Gasteiger partial charge >= 0.3 is 0 Å². The minimum atomic E-state index is -0.0924. The third-order valence-corrected chi connectivity index (χ3v) is 4.69. The maximum atomic E-state index is 12.3. The number of likely N-dealkylation sites (N-methyl/N-ethyl adjacent to an activating group) is 1. The van der Waals surface area contributed by atoms with Gasteiger partial charge < -0.3 is 4.90 Å². The fourth-order valence-corrected chi connectivity index (χ4v) is 3.14. The van der Waals surface area contributed by atoms with Crippen molar-refractivity contribution in [2.24, 2.45) is 0 Å². The summed E-state index contributed by atoms with van der Waals surface area (Å²) in [5.74, 6) is 0.00301. The van der Waals surface area contributed by atoms with E-state index < -0.39 is 0 Å². The van der Waals surface area contributed by atoms with Gasteiger partial charge in [0, 0.05) is 44.9 Å². The second-order valence-corrected chi connectivity index (χ2v) is 6.41. The van der Waals surface area contributed by atoms with Gasteiger partial charge in [0.2, 0.25) is 5.91 Å². The summed E-state index contributed by atoms with van der Waals surface area (Å²) in [6.07, 6.45) is 4.25. The second kappa shape index (κ2) is 7.35. The van der Waals surface area contributed by atoms with E-state index in [1.807, 2.05) is 23.6 Å². The zero-order chi connectivity index (χ0) is 16.9. The number of pyridine rings is 1. The lowest BCUT2D eigenvalue weighted by Gasteiger charge is -2.17. The first kappa shape index (κ1) is 16.3. The molecule has 24 heavy (non-hydrogen) atoms. The van der Waals surface area contributed by atoms with Gasteiger partial charge in [0.1, 0.15) is 4.83 Å². The first-order chi connectivity index (χ1) is 11.6. The molecule has 0 aliphatic heterocycles. The molecular formula is C17H18N4O2S. The van der Waals surface area contributed by atoms with Crippen LogP contribution in [0.4, 0.5) is 0 Å². The molecule has 1 amide bonds. The van der Waals surface area contributed by atoms with Crippen molar-refractivity contribution >= 4 is 27.5 Å². The highest BCUT2D eigenvalue weighted by atomic mass is 32.1. The van der Waals surface area contributed by atoms with Crippen LogP contribution >= 0.6 is 11.3 Å². The topological polar surface area (TPSA) is 68.1 Å². The monoisotopic (exact) mass is 342 g/mol. The van der Waals surface area contributed by atoms with E-state index in [0.29, 0.717) is 24.9 Å². The molecule has 0 atom stereocenters. The van der Waals surface area contributed by atoms with Crippen LogP contribution in [-0.2, 0) is 17.8 Å². The lowest BCUT2D eigenvalue weighted by atomic mass is 10.2. The zero-order valence-electron chi connectivity index (χ0n) is 13.4. The summed E-state index contributed by atoms with van der Waals surface area (Å²) >= 11 is 1.44. The highest BCUT2D eigenvalue weighted by Gasteiger charge is 2.11. The Kier molecular flexibility index (Phi) is 5.00. The summed E-state index contributed by atoms with van der Waals surface area (Å²) in [7, 11) is 1.77. The van der Waals surface area contributed by atoms with Crippen LogP contribution in [0.2, 0.25) is 0 Å². The van der Waals surface area contributed by atoms with Crippen LogP contribution in [0.3, 0.4) is 0 Å². The Bertz CT molecular complexity index is 888. The number of rotatable bonds is 6. The van der Waals surface area contributed by atoms with E-state index in [1.165, 1.54) is 22.2 Å². The van der Waals surface area contributed by atoms with E-state index in [2.05, 4.69) is 9.97 Å². The third-order valence-electron chi connectivity index (χ3n) is 3.87. The van der Waals surface area contributed by atoms with E-state index in [9.17, 15) is 9.59 Å². The number of carbonyl (C=O) groups is 1. The SMILES string of the molecule is CN(CCc1ccccn1)C(=O)CCn1cnc2sccc2c1=O. The van der Waals surface area contributed by atoms with Crippen LogP contribution in [0.5, 0.6) is 0 Å². The van der Waals surface area contributed by atoms with Crippen LogP contribution in [0.15, 0.2) is 47.0 Å². The average Bonchev–Trinajstić information content (AvgIpc) is 3.09. The zero-order valence-corrected chi connectivity index (χ0v) is 14.2. The van der Waals surface area contributed by atoms with Gasteiger partial charge in [-0.05, 0) is 23.6 Å². The number of hydrogen-bond donors (Lipinski definition) is 0. The summed E-state index contributed by atoms with van der Waals surface area (Å²) in [5.41, 5.74) is 0.866. The van der Waals surface area contributed by atoms with Gasteiger partial charge in [-0.3, -0.25) is 19.1 Å². The van der Waals surface area contributed by atoms with Crippen molar-refractivity contribution in [1.82, 2.24) is 19.4 Å². The molecule has 0 aliphatic rings. The van der Waals surface area contributed by atoms with Crippen LogP contribution in [0.1, 0.15) is 12.1 Å². The molecule has 0 saturated heterocycles. The van der Waals surface area contributed by atoms with Gasteiger partial charge in [0.25, 0.3) is 5.56 Å². The number of fused-ring (bicyclic) bond motifs is 1. The van der Waals surface area contributed by atoms with Gasteiger partial charge in [-0.2, -0.15) is 0 Å². The molecule has 0 bridgehead atoms. The molecule has 0 radical (unpaired) electrons. The smallest absolute Gasteiger partial charge is 0.262 e. The van der Waals surface area contributed by atoms with Crippen LogP contribution in [0, 0.1) is 0 Å². The maximum Gasteiger partial charge on any atom is 0.262 e. The minimum absolute atomic E-state index is 0.00301. The largest absolute Gasteiger partial charge is 0.345 e. The number of hydrogen-bond acceptors (Lipinski definition) is 5. The molecule has 6 nitrogen and oxygen atoms in total. The van der Waals surface area contributed by atoms with E-state index in [4.69, 9.17) is 0 Å². The molecular weight excluding hydrogens is 324 g/mol. The average molecular weight is 342 g/mol. The summed E-state index contributed by atoms with van der Waals surface area (Å²) in [5, 5.41) is 2.46. The molecule has 0 spiro atoms. The Morgan fingerprint density at radius 1 is 1.29 bits per heavy atom. The van der Waals surface area contributed by atoms with Crippen LogP contribution < -0.4 is 5.56 Å². The van der Waals surface area contributed by atoms with Gasteiger partial charge in [-0.25, -0.2) is 4.98 Å².